The maximum Gasteiger partial charge on any atom is 0.283 e. The van der Waals surface area contributed by atoms with Crippen molar-refractivity contribution >= 4 is 0 Å². The van der Waals surface area contributed by atoms with Gasteiger partial charge in [-0.1, -0.05) is 83.3 Å². The van der Waals surface area contributed by atoms with Gasteiger partial charge in [0.15, 0.2) is 0 Å². The Bertz CT molecular complexity index is 379. The van der Waals surface area contributed by atoms with Gasteiger partial charge in [-0.15, -0.1) is 5.10 Å². The van der Waals surface area contributed by atoms with Crippen LogP contribution in [-0.2, 0) is 0 Å². The molecule has 0 unspecified atom stereocenters. The zero-order chi connectivity index (χ0) is 16.9. The van der Waals surface area contributed by atoms with Crippen molar-refractivity contribution in [2.24, 2.45) is 0 Å². The van der Waals surface area contributed by atoms with Gasteiger partial charge < -0.3 is 0 Å². The van der Waals surface area contributed by atoms with Crippen molar-refractivity contribution in [3.8, 4) is 0 Å². The lowest BCUT2D eigenvalue weighted by atomic mass is 10.0. The van der Waals surface area contributed by atoms with Crippen molar-refractivity contribution in [2.75, 3.05) is 0 Å². The van der Waals surface area contributed by atoms with Crippen LogP contribution in [0.3, 0.4) is 0 Å². The Morgan fingerprint density at radius 3 is 1.83 bits per heavy atom. The molecule has 0 N–H and O–H groups in total. The smallest absolute Gasteiger partial charge is 0.249 e. The number of nitrogens with zero attached hydrogens (tertiary/aromatic N) is 3. The molecule has 0 aromatic carbocycles. The molecule has 1 heterocycles. The Hall–Kier alpha value is -1.00. The third-order valence-electron chi connectivity index (χ3n) is 4.41. The molecular weight excluding hydrogens is 296 g/mol. The summed E-state index contributed by atoms with van der Waals surface area (Å²) in [6.07, 6.45) is 13.2. The van der Waals surface area contributed by atoms with E-state index in [9.17, 15) is 8.78 Å². The van der Waals surface area contributed by atoms with Gasteiger partial charge in [-0.3, -0.25) is 0 Å². The number of unbranched alkanes of at least 4 members (excludes halogenated alkanes) is 8. The van der Waals surface area contributed by atoms with Crippen LogP contribution in [0.5, 0.6) is 0 Å². The molecule has 0 aliphatic carbocycles. The molecule has 1 rings (SSSR count). The quantitative estimate of drug-likeness (QED) is 0.366. The van der Waals surface area contributed by atoms with Gasteiger partial charge in [0.1, 0.15) is 5.69 Å². The molecule has 3 nitrogen and oxygen atoms in total. The van der Waals surface area contributed by atoms with Crippen LogP contribution in [0, 0.1) is 0 Å². The average molecular weight is 329 g/mol. The van der Waals surface area contributed by atoms with Gasteiger partial charge in [0.25, 0.3) is 6.43 Å². The van der Waals surface area contributed by atoms with Crippen molar-refractivity contribution in [2.45, 2.75) is 103 Å². The summed E-state index contributed by atoms with van der Waals surface area (Å²) in [5, 5.41) is 7.57. The van der Waals surface area contributed by atoms with E-state index in [-0.39, 0.29) is 11.7 Å². The Labute approximate surface area is 139 Å². The van der Waals surface area contributed by atoms with Crippen LogP contribution in [0.2, 0.25) is 0 Å². The van der Waals surface area contributed by atoms with Crippen LogP contribution in [-0.4, -0.2) is 15.0 Å². The Kier molecular flexibility index (Phi) is 10.8. The van der Waals surface area contributed by atoms with Gasteiger partial charge in [0.05, 0.1) is 12.2 Å². The van der Waals surface area contributed by atoms with Crippen LogP contribution >= 0.6 is 0 Å². The fraction of sp³-hybridized carbons (Fsp3) is 0.889. The fourth-order valence-electron chi connectivity index (χ4n) is 2.94. The highest BCUT2D eigenvalue weighted by molar-refractivity contribution is 4.94. The molecule has 23 heavy (non-hydrogen) atoms. The van der Waals surface area contributed by atoms with E-state index >= 15 is 0 Å². The number of alkyl halides is 2. The Morgan fingerprint density at radius 2 is 1.39 bits per heavy atom. The maximum absolute atomic E-state index is 12.7. The summed E-state index contributed by atoms with van der Waals surface area (Å²) in [4.78, 5) is 0. The van der Waals surface area contributed by atoms with Gasteiger partial charge in [0.2, 0.25) is 0 Å². The molecule has 0 saturated carbocycles. The highest BCUT2D eigenvalue weighted by Crippen LogP contribution is 2.24. The van der Waals surface area contributed by atoms with Gasteiger partial charge in [-0.05, 0) is 12.8 Å². The zero-order valence-corrected chi connectivity index (χ0v) is 14.8. The third kappa shape index (κ3) is 8.42. The normalized spacial score (nSPS) is 11.7. The summed E-state index contributed by atoms with van der Waals surface area (Å²) < 4.78 is 27.1. The van der Waals surface area contributed by atoms with Gasteiger partial charge in [-0.25, -0.2) is 13.5 Å². The number of aromatic nitrogens is 3. The first-order chi connectivity index (χ1) is 11.2. The lowest BCUT2D eigenvalue weighted by Crippen LogP contribution is -2.10. The van der Waals surface area contributed by atoms with E-state index in [1.807, 2.05) is 0 Å². The highest BCUT2D eigenvalue weighted by atomic mass is 19.3. The minimum atomic E-state index is -2.53. The van der Waals surface area contributed by atoms with E-state index in [1.165, 1.54) is 57.6 Å². The number of rotatable bonds is 14. The monoisotopic (exact) mass is 329 g/mol. The van der Waals surface area contributed by atoms with Gasteiger partial charge >= 0.3 is 0 Å². The molecule has 0 fully saturated rings. The summed E-state index contributed by atoms with van der Waals surface area (Å²) in [5.41, 5.74) is -0.202. The van der Waals surface area contributed by atoms with Crippen molar-refractivity contribution in [3.05, 3.63) is 11.9 Å². The highest BCUT2D eigenvalue weighted by Gasteiger charge is 2.17. The number of hydrogen-bond acceptors (Lipinski definition) is 2. The van der Waals surface area contributed by atoms with Crippen molar-refractivity contribution < 1.29 is 8.78 Å². The van der Waals surface area contributed by atoms with Gasteiger partial charge in [-0.2, -0.15) is 0 Å². The molecular formula is C18H33F2N3. The second-order valence-corrected chi connectivity index (χ2v) is 6.48. The summed E-state index contributed by atoms with van der Waals surface area (Å²) >= 11 is 0. The topological polar surface area (TPSA) is 30.7 Å². The van der Waals surface area contributed by atoms with E-state index in [1.54, 1.807) is 4.68 Å². The van der Waals surface area contributed by atoms with E-state index in [4.69, 9.17) is 0 Å². The Balaban J connectivity index is 2.45. The first-order valence-corrected chi connectivity index (χ1v) is 9.38. The molecule has 0 atom stereocenters. The predicted molar refractivity (Wildman–Crippen MR) is 90.8 cm³/mol. The molecule has 0 spiro atoms. The van der Waals surface area contributed by atoms with Crippen LogP contribution in [0.1, 0.15) is 109 Å². The predicted octanol–water partition coefficient (Wildman–Crippen LogP) is 6.48. The summed E-state index contributed by atoms with van der Waals surface area (Å²) in [7, 11) is 0. The minimum Gasteiger partial charge on any atom is -0.249 e. The van der Waals surface area contributed by atoms with Crippen molar-refractivity contribution in [1.82, 2.24) is 15.0 Å². The zero-order valence-electron chi connectivity index (χ0n) is 14.8. The van der Waals surface area contributed by atoms with Crippen LogP contribution in [0.15, 0.2) is 6.20 Å². The van der Waals surface area contributed by atoms with Crippen molar-refractivity contribution in [1.29, 1.82) is 0 Å². The molecule has 0 aliphatic heterocycles. The maximum atomic E-state index is 12.7. The van der Waals surface area contributed by atoms with E-state index in [2.05, 4.69) is 24.2 Å². The van der Waals surface area contributed by atoms with Crippen LogP contribution < -0.4 is 0 Å². The van der Waals surface area contributed by atoms with Crippen LogP contribution in [0.25, 0.3) is 0 Å². The van der Waals surface area contributed by atoms with E-state index in [0.29, 0.717) is 0 Å². The number of halogens is 2. The van der Waals surface area contributed by atoms with Crippen LogP contribution in [0.4, 0.5) is 8.78 Å². The third-order valence-corrected chi connectivity index (χ3v) is 4.41. The second-order valence-electron chi connectivity index (χ2n) is 6.48. The SMILES string of the molecule is CCCCCCCC(CCCCCCC)n1cc(C(F)F)nn1. The summed E-state index contributed by atoms with van der Waals surface area (Å²) in [5.74, 6) is 0. The first-order valence-electron chi connectivity index (χ1n) is 9.38. The Morgan fingerprint density at radius 1 is 0.870 bits per heavy atom. The molecule has 0 amide bonds. The number of hydrogen-bond donors (Lipinski definition) is 0. The molecule has 1 aromatic heterocycles. The average Bonchev–Trinajstić information content (AvgIpc) is 3.02. The molecule has 0 aliphatic rings. The van der Waals surface area contributed by atoms with Gasteiger partial charge in [0, 0.05) is 0 Å². The van der Waals surface area contributed by atoms with E-state index in [0.717, 1.165) is 25.7 Å². The largest absolute Gasteiger partial charge is 0.283 e. The molecule has 0 radical (unpaired) electrons. The molecule has 0 saturated heterocycles. The molecule has 134 valence electrons. The molecule has 0 bridgehead atoms. The lowest BCUT2D eigenvalue weighted by Gasteiger charge is -2.17. The molecule has 5 heteroatoms. The van der Waals surface area contributed by atoms with Crippen molar-refractivity contribution in [3.63, 3.8) is 0 Å². The van der Waals surface area contributed by atoms with E-state index < -0.39 is 6.43 Å². The standard InChI is InChI=1S/C18H33F2N3/c1-3-5-7-9-11-13-16(14-12-10-8-6-4-2)23-15-17(18(19)20)21-22-23/h15-16,18H,3-14H2,1-2H3. The fourth-order valence-corrected chi connectivity index (χ4v) is 2.94. The molecule has 1 aromatic rings. The second kappa shape index (κ2) is 12.4. The summed E-state index contributed by atoms with van der Waals surface area (Å²) in [6, 6.07) is 0.221. The minimum absolute atomic E-state index is 0.202. The summed E-state index contributed by atoms with van der Waals surface area (Å²) in [6.45, 7) is 4.42. The first kappa shape index (κ1) is 20.0. The lowest BCUT2D eigenvalue weighted by molar-refractivity contribution is 0.146.